The second-order valence-electron chi connectivity index (χ2n) is 5.92. The van der Waals surface area contributed by atoms with E-state index in [1.807, 2.05) is 55.4 Å². The summed E-state index contributed by atoms with van der Waals surface area (Å²) in [5, 5.41) is 14.8. The fourth-order valence-corrected chi connectivity index (χ4v) is 2.71. The molecule has 2 aromatic carbocycles. The molecule has 1 atom stereocenters. The summed E-state index contributed by atoms with van der Waals surface area (Å²) in [6, 6.07) is 14.6. The number of amides is 1. The summed E-state index contributed by atoms with van der Waals surface area (Å²) >= 11 is 0. The second kappa shape index (κ2) is 6.76. The van der Waals surface area contributed by atoms with Crippen LogP contribution >= 0.6 is 0 Å². The van der Waals surface area contributed by atoms with Crippen LogP contribution < -0.4 is 5.32 Å². The monoisotopic (exact) mass is 324 g/mol. The van der Waals surface area contributed by atoms with Gasteiger partial charge in [-0.3, -0.25) is 9.69 Å². The molecule has 0 fully saturated rings. The van der Waals surface area contributed by atoms with Gasteiger partial charge in [0.15, 0.2) is 0 Å². The lowest BCUT2D eigenvalue weighted by Crippen LogP contribution is -2.34. The Labute approximate surface area is 140 Å². The highest BCUT2D eigenvalue weighted by Gasteiger charge is 2.19. The third-order valence-electron chi connectivity index (χ3n) is 4.06. The van der Waals surface area contributed by atoms with Crippen molar-refractivity contribution in [2.45, 2.75) is 6.04 Å². The molecule has 0 bridgehead atoms. The molecule has 3 aromatic rings. The largest absolute Gasteiger partial charge is 0.507 e. The first-order valence-corrected chi connectivity index (χ1v) is 7.76. The second-order valence-corrected chi connectivity index (χ2v) is 5.92. The first kappa shape index (κ1) is 16.1. The maximum absolute atomic E-state index is 12.5. The maximum atomic E-state index is 12.5. The highest BCUT2D eigenvalue weighted by Crippen LogP contribution is 2.25. The van der Waals surface area contributed by atoms with Gasteiger partial charge in [0.25, 0.3) is 5.91 Å². The Bertz CT molecular complexity index is 841. The Balaban J connectivity index is 1.78. The Hall–Kier alpha value is -2.79. The van der Waals surface area contributed by atoms with Crippen LogP contribution in [0.4, 0.5) is 0 Å². The number of rotatable bonds is 5. The maximum Gasteiger partial charge on any atom is 0.255 e. The SMILES string of the molecule is CN(C)C(CNC(=O)c1cc2ccccc2cc1O)c1ccco1. The summed E-state index contributed by atoms with van der Waals surface area (Å²) < 4.78 is 5.43. The van der Waals surface area contributed by atoms with Gasteiger partial charge in [-0.05, 0) is 49.1 Å². The van der Waals surface area contributed by atoms with Crippen LogP contribution in [0.5, 0.6) is 5.75 Å². The number of phenolic OH excluding ortho intramolecular Hbond substituents is 1. The molecule has 1 heterocycles. The highest BCUT2D eigenvalue weighted by atomic mass is 16.3. The van der Waals surface area contributed by atoms with Crippen LogP contribution in [-0.2, 0) is 0 Å². The lowest BCUT2D eigenvalue weighted by molar-refractivity contribution is 0.0936. The third kappa shape index (κ3) is 3.26. The number of nitrogens with zero attached hydrogens (tertiary/aromatic N) is 1. The molecular formula is C19H20N2O3. The molecule has 24 heavy (non-hydrogen) atoms. The average Bonchev–Trinajstić information content (AvgIpc) is 3.08. The number of carbonyl (C=O) groups is 1. The van der Waals surface area contributed by atoms with Gasteiger partial charge in [0, 0.05) is 6.54 Å². The lowest BCUT2D eigenvalue weighted by Gasteiger charge is -2.22. The number of hydrogen-bond donors (Lipinski definition) is 2. The van der Waals surface area contributed by atoms with Crippen LogP contribution in [0, 0.1) is 0 Å². The minimum absolute atomic E-state index is 0.0226. The van der Waals surface area contributed by atoms with Gasteiger partial charge in [-0.1, -0.05) is 24.3 Å². The van der Waals surface area contributed by atoms with Crippen LogP contribution in [0.25, 0.3) is 10.8 Å². The lowest BCUT2D eigenvalue weighted by atomic mass is 10.1. The van der Waals surface area contributed by atoms with Crippen LogP contribution in [0.3, 0.4) is 0 Å². The number of likely N-dealkylation sites (N-methyl/N-ethyl adjacent to an activating group) is 1. The van der Waals surface area contributed by atoms with Crippen molar-refractivity contribution in [3.8, 4) is 5.75 Å². The van der Waals surface area contributed by atoms with Gasteiger partial charge < -0.3 is 14.8 Å². The molecule has 5 nitrogen and oxygen atoms in total. The summed E-state index contributed by atoms with van der Waals surface area (Å²) in [7, 11) is 3.85. The first-order chi connectivity index (χ1) is 11.6. The highest BCUT2D eigenvalue weighted by molar-refractivity contribution is 6.01. The molecule has 0 radical (unpaired) electrons. The van der Waals surface area contributed by atoms with Crippen molar-refractivity contribution in [3.63, 3.8) is 0 Å². The normalized spacial score (nSPS) is 12.5. The predicted molar refractivity (Wildman–Crippen MR) is 93.1 cm³/mol. The molecule has 2 N–H and O–H groups in total. The van der Waals surface area contributed by atoms with Gasteiger partial charge in [0.05, 0.1) is 17.9 Å². The summed E-state index contributed by atoms with van der Waals surface area (Å²) in [6.45, 7) is 0.381. The molecule has 124 valence electrons. The summed E-state index contributed by atoms with van der Waals surface area (Å²) in [4.78, 5) is 14.5. The van der Waals surface area contributed by atoms with Gasteiger partial charge in [-0.15, -0.1) is 0 Å². The van der Waals surface area contributed by atoms with E-state index < -0.39 is 0 Å². The molecule has 0 saturated carbocycles. The summed E-state index contributed by atoms with van der Waals surface area (Å²) in [5.41, 5.74) is 0.269. The van der Waals surface area contributed by atoms with Crippen LogP contribution in [0.15, 0.2) is 59.2 Å². The fourth-order valence-electron chi connectivity index (χ4n) is 2.71. The number of furan rings is 1. The first-order valence-electron chi connectivity index (χ1n) is 7.76. The predicted octanol–water partition coefficient (Wildman–Crippen LogP) is 3.17. The van der Waals surface area contributed by atoms with E-state index in [1.165, 1.54) is 0 Å². The molecule has 0 spiro atoms. The van der Waals surface area contributed by atoms with Gasteiger partial charge in [0.1, 0.15) is 11.5 Å². The molecule has 3 rings (SSSR count). The Morgan fingerprint density at radius 3 is 2.50 bits per heavy atom. The zero-order valence-corrected chi connectivity index (χ0v) is 13.7. The summed E-state index contributed by atoms with van der Waals surface area (Å²) in [6.07, 6.45) is 1.61. The van der Waals surface area contributed by atoms with E-state index in [4.69, 9.17) is 4.42 Å². The topological polar surface area (TPSA) is 65.7 Å². The van der Waals surface area contributed by atoms with Crippen molar-refractivity contribution in [2.75, 3.05) is 20.6 Å². The number of benzene rings is 2. The minimum atomic E-state index is -0.309. The minimum Gasteiger partial charge on any atom is -0.507 e. The van der Waals surface area contributed by atoms with E-state index in [0.29, 0.717) is 6.54 Å². The molecular weight excluding hydrogens is 304 g/mol. The van der Waals surface area contributed by atoms with Crippen molar-refractivity contribution < 1.29 is 14.3 Å². The molecule has 0 aliphatic rings. The van der Waals surface area contributed by atoms with Crippen molar-refractivity contribution in [1.29, 1.82) is 0 Å². The van der Waals surface area contributed by atoms with Crippen molar-refractivity contribution in [3.05, 3.63) is 66.1 Å². The van der Waals surface area contributed by atoms with E-state index in [0.717, 1.165) is 16.5 Å². The number of aromatic hydroxyl groups is 1. The number of nitrogens with one attached hydrogen (secondary N) is 1. The quantitative estimate of drug-likeness (QED) is 0.756. The Morgan fingerprint density at radius 1 is 1.17 bits per heavy atom. The van der Waals surface area contributed by atoms with Crippen LogP contribution in [0.1, 0.15) is 22.2 Å². The van der Waals surface area contributed by atoms with E-state index in [9.17, 15) is 9.90 Å². The van der Waals surface area contributed by atoms with Gasteiger partial charge in [0.2, 0.25) is 0 Å². The standard InChI is InChI=1S/C19H20N2O3/c1-21(2)16(18-8-5-9-24-18)12-20-19(23)15-10-13-6-3-4-7-14(13)11-17(15)22/h3-11,16,22H,12H2,1-2H3,(H,20,23). The molecule has 0 aliphatic carbocycles. The smallest absolute Gasteiger partial charge is 0.255 e. The fraction of sp³-hybridized carbons (Fsp3) is 0.211. The van der Waals surface area contributed by atoms with E-state index >= 15 is 0 Å². The Morgan fingerprint density at radius 2 is 1.88 bits per heavy atom. The number of fused-ring (bicyclic) bond motifs is 1. The van der Waals surface area contributed by atoms with Crippen molar-refractivity contribution >= 4 is 16.7 Å². The third-order valence-corrected chi connectivity index (χ3v) is 4.06. The molecule has 1 amide bonds. The molecule has 0 saturated heterocycles. The number of carbonyl (C=O) groups excluding carboxylic acids is 1. The summed E-state index contributed by atoms with van der Waals surface area (Å²) in [5.74, 6) is 0.449. The van der Waals surface area contributed by atoms with Crippen molar-refractivity contribution in [1.82, 2.24) is 10.2 Å². The average molecular weight is 324 g/mol. The molecule has 5 heteroatoms. The number of hydrogen-bond acceptors (Lipinski definition) is 4. The van der Waals surface area contributed by atoms with E-state index in [2.05, 4.69) is 5.32 Å². The zero-order valence-electron chi connectivity index (χ0n) is 13.7. The molecule has 0 aliphatic heterocycles. The molecule has 1 unspecified atom stereocenters. The Kier molecular flexibility index (Phi) is 4.53. The van der Waals surface area contributed by atoms with Gasteiger partial charge in [-0.25, -0.2) is 0 Å². The van der Waals surface area contributed by atoms with Gasteiger partial charge in [-0.2, -0.15) is 0 Å². The van der Waals surface area contributed by atoms with Gasteiger partial charge >= 0.3 is 0 Å². The molecule has 1 aromatic heterocycles. The van der Waals surface area contributed by atoms with Crippen molar-refractivity contribution in [2.24, 2.45) is 0 Å². The van der Waals surface area contributed by atoms with Crippen LogP contribution in [-0.4, -0.2) is 36.6 Å². The zero-order chi connectivity index (χ0) is 17.1. The number of phenols is 1. The van der Waals surface area contributed by atoms with E-state index in [1.54, 1.807) is 18.4 Å². The van der Waals surface area contributed by atoms with E-state index in [-0.39, 0.29) is 23.3 Å². The van der Waals surface area contributed by atoms with Crippen LogP contribution in [0.2, 0.25) is 0 Å².